The summed E-state index contributed by atoms with van der Waals surface area (Å²) in [5.41, 5.74) is 2.24. The minimum atomic E-state index is -0.932. The van der Waals surface area contributed by atoms with Gasteiger partial charge in [0.2, 0.25) is 11.8 Å². The predicted octanol–water partition coefficient (Wildman–Crippen LogP) is 5.00. The number of carbonyl (C=O) groups excluding carboxylic acids is 1. The number of para-hydroxylation sites is 1. The van der Waals surface area contributed by atoms with E-state index in [1.807, 2.05) is 42.0 Å². The summed E-state index contributed by atoms with van der Waals surface area (Å²) in [6.45, 7) is 4.32. The van der Waals surface area contributed by atoms with Crippen LogP contribution >= 0.6 is 0 Å². The number of ether oxygens (including phenoxy) is 1. The lowest BCUT2D eigenvalue weighted by atomic mass is 10.1. The summed E-state index contributed by atoms with van der Waals surface area (Å²) < 4.78 is 20.9. The van der Waals surface area contributed by atoms with Crippen LogP contribution in [0.5, 0.6) is 0 Å². The lowest BCUT2D eigenvalue weighted by Crippen LogP contribution is -2.09. The van der Waals surface area contributed by atoms with Gasteiger partial charge < -0.3 is 14.6 Å². The molecular formula is C23H20FN5O4. The van der Waals surface area contributed by atoms with Crippen LogP contribution in [0, 0.1) is 22.9 Å². The van der Waals surface area contributed by atoms with Crippen LogP contribution in [0.3, 0.4) is 0 Å². The van der Waals surface area contributed by atoms with Gasteiger partial charge in [-0.15, -0.1) is 0 Å². The molecule has 0 aliphatic carbocycles. The Labute approximate surface area is 188 Å². The number of nitro groups is 1. The van der Waals surface area contributed by atoms with Crippen LogP contribution in [0.1, 0.15) is 22.8 Å². The zero-order valence-corrected chi connectivity index (χ0v) is 18.1. The highest BCUT2D eigenvalue weighted by Crippen LogP contribution is 2.33. The summed E-state index contributed by atoms with van der Waals surface area (Å²) in [5.74, 6) is -1.44. The molecule has 2 aromatic heterocycles. The maximum absolute atomic E-state index is 13.9. The fourth-order valence-electron chi connectivity index (χ4n) is 3.66. The van der Waals surface area contributed by atoms with Gasteiger partial charge in [-0.2, -0.15) is 4.39 Å². The van der Waals surface area contributed by atoms with E-state index in [4.69, 9.17) is 4.74 Å². The Morgan fingerprint density at radius 1 is 1.30 bits per heavy atom. The maximum atomic E-state index is 13.9. The van der Waals surface area contributed by atoms with Gasteiger partial charge in [-0.05, 0) is 31.5 Å². The van der Waals surface area contributed by atoms with E-state index in [1.54, 1.807) is 6.92 Å². The quantitative estimate of drug-likeness (QED) is 0.250. The van der Waals surface area contributed by atoms with Crippen molar-refractivity contribution in [2.24, 2.45) is 0 Å². The number of nitrogens with one attached hydrogen (secondary N) is 1. The Kier molecular flexibility index (Phi) is 5.74. The molecule has 0 unspecified atom stereocenters. The molecule has 0 fully saturated rings. The molecule has 33 heavy (non-hydrogen) atoms. The van der Waals surface area contributed by atoms with Gasteiger partial charge >= 0.3 is 11.7 Å². The van der Waals surface area contributed by atoms with Crippen molar-refractivity contribution in [2.45, 2.75) is 20.4 Å². The number of fused-ring (bicyclic) bond motifs is 1. The number of hydrogen-bond acceptors (Lipinski definition) is 7. The first kappa shape index (κ1) is 21.9. The number of carbonyl (C=O) groups is 1. The molecule has 2 heterocycles. The normalized spacial score (nSPS) is 10.9. The molecule has 1 N–H and O–H groups in total. The van der Waals surface area contributed by atoms with Crippen molar-refractivity contribution in [3.05, 3.63) is 75.9 Å². The second-order valence-electron chi connectivity index (χ2n) is 7.29. The van der Waals surface area contributed by atoms with Gasteiger partial charge in [-0.1, -0.05) is 18.2 Å². The number of halogens is 1. The SMILES string of the molecule is CCn1cc(-c2nc(Nc3cc([N+](=O)[O-])c(F)cc3C)ncc2C(=O)OC)c2ccccc21. The van der Waals surface area contributed by atoms with E-state index in [9.17, 15) is 19.3 Å². The van der Waals surface area contributed by atoms with Crippen LogP contribution in [0.2, 0.25) is 0 Å². The molecule has 2 aromatic carbocycles. The highest BCUT2D eigenvalue weighted by atomic mass is 19.1. The lowest BCUT2D eigenvalue weighted by Gasteiger charge is -2.12. The summed E-state index contributed by atoms with van der Waals surface area (Å²) >= 11 is 0. The first-order chi connectivity index (χ1) is 15.8. The van der Waals surface area contributed by atoms with Crippen molar-refractivity contribution < 1.29 is 18.8 Å². The average Bonchev–Trinajstić information content (AvgIpc) is 3.18. The summed E-state index contributed by atoms with van der Waals surface area (Å²) in [4.78, 5) is 31.5. The Morgan fingerprint density at radius 2 is 2.06 bits per heavy atom. The van der Waals surface area contributed by atoms with Crippen molar-refractivity contribution in [2.75, 3.05) is 12.4 Å². The Bertz CT molecular complexity index is 1400. The van der Waals surface area contributed by atoms with Gasteiger partial charge in [0, 0.05) is 41.5 Å². The molecule has 0 spiro atoms. The number of aryl methyl sites for hydroxylation is 2. The van der Waals surface area contributed by atoms with Crippen LogP contribution in [-0.2, 0) is 11.3 Å². The van der Waals surface area contributed by atoms with Crippen LogP contribution in [0.25, 0.3) is 22.2 Å². The maximum Gasteiger partial charge on any atom is 0.341 e. The second kappa shape index (κ2) is 8.65. The molecule has 168 valence electrons. The van der Waals surface area contributed by atoms with Crippen molar-refractivity contribution in [3.63, 3.8) is 0 Å². The zero-order chi connectivity index (χ0) is 23.7. The first-order valence-electron chi connectivity index (χ1n) is 10.1. The van der Waals surface area contributed by atoms with Gasteiger partial charge in [-0.3, -0.25) is 10.1 Å². The molecule has 0 bridgehead atoms. The number of methoxy groups -OCH3 is 1. The second-order valence-corrected chi connectivity index (χ2v) is 7.29. The van der Waals surface area contributed by atoms with Crippen LogP contribution in [-0.4, -0.2) is 32.5 Å². The lowest BCUT2D eigenvalue weighted by molar-refractivity contribution is -0.387. The Balaban J connectivity index is 1.87. The molecule has 10 heteroatoms. The third-order valence-corrected chi connectivity index (χ3v) is 5.32. The Morgan fingerprint density at radius 3 is 2.76 bits per heavy atom. The predicted molar refractivity (Wildman–Crippen MR) is 121 cm³/mol. The standard InChI is InChI=1S/C23H20FN5O4/c1-4-28-12-16(14-7-5-6-8-19(14)28)21-15(22(30)33-3)11-25-23(27-21)26-18-10-20(29(31)32)17(24)9-13(18)2/h5-12H,4H2,1-3H3,(H,25,26,27). The highest BCUT2D eigenvalue weighted by Gasteiger charge is 2.22. The minimum Gasteiger partial charge on any atom is -0.465 e. The van der Waals surface area contributed by atoms with E-state index >= 15 is 0 Å². The largest absolute Gasteiger partial charge is 0.465 e. The fourth-order valence-corrected chi connectivity index (χ4v) is 3.66. The van der Waals surface area contributed by atoms with E-state index in [0.717, 1.165) is 23.0 Å². The number of nitro benzene ring substituents is 1. The summed E-state index contributed by atoms with van der Waals surface area (Å²) in [6, 6.07) is 9.88. The summed E-state index contributed by atoms with van der Waals surface area (Å²) in [7, 11) is 1.27. The van der Waals surface area contributed by atoms with Crippen molar-refractivity contribution >= 4 is 34.2 Å². The van der Waals surface area contributed by atoms with Crippen molar-refractivity contribution in [1.82, 2.24) is 14.5 Å². The monoisotopic (exact) mass is 449 g/mol. The molecule has 0 saturated heterocycles. The van der Waals surface area contributed by atoms with Gasteiger partial charge in [0.25, 0.3) is 0 Å². The molecule has 0 atom stereocenters. The molecule has 4 aromatic rings. The van der Waals surface area contributed by atoms with E-state index < -0.39 is 22.4 Å². The number of anilines is 2. The molecule has 0 radical (unpaired) electrons. The van der Waals surface area contributed by atoms with Gasteiger partial charge in [0.15, 0.2) is 0 Å². The van der Waals surface area contributed by atoms with Crippen LogP contribution in [0.4, 0.5) is 21.7 Å². The number of benzene rings is 2. The molecule has 9 nitrogen and oxygen atoms in total. The van der Waals surface area contributed by atoms with Crippen LogP contribution < -0.4 is 5.32 Å². The molecule has 0 amide bonds. The van der Waals surface area contributed by atoms with Crippen molar-refractivity contribution in [3.8, 4) is 11.3 Å². The highest BCUT2D eigenvalue weighted by molar-refractivity contribution is 6.02. The van der Waals surface area contributed by atoms with Gasteiger partial charge in [-0.25, -0.2) is 14.8 Å². The summed E-state index contributed by atoms with van der Waals surface area (Å²) in [6.07, 6.45) is 3.24. The number of hydrogen-bond donors (Lipinski definition) is 1. The number of esters is 1. The van der Waals surface area contributed by atoms with E-state index in [-0.39, 0.29) is 17.2 Å². The molecule has 0 aliphatic rings. The zero-order valence-electron chi connectivity index (χ0n) is 18.1. The number of nitrogens with zero attached hydrogens (tertiary/aromatic N) is 4. The smallest absolute Gasteiger partial charge is 0.341 e. The molecular weight excluding hydrogens is 429 g/mol. The van der Waals surface area contributed by atoms with Crippen LogP contribution in [0.15, 0.2) is 48.8 Å². The fraction of sp³-hybridized carbons (Fsp3) is 0.174. The topological polar surface area (TPSA) is 112 Å². The molecule has 0 aliphatic heterocycles. The van der Waals surface area contributed by atoms with E-state index in [0.29, 0.717) is 23.4 Å². The Hall–Kier alpha value is -4.34. The first-order valence-corrected chi connectivity index (χ1v) is 10.1. The minimum absolute atomic E-state index is 0.0926. The van der Waals surface area contributed by atoms with Gasteiger partial charge in [0.05, 0.1) is 23.4 Å². The van der Waals surface area contributed by atoms with Gasteiger partial charge in [0.1, 0.15) is 5.56 Å². The number of aromatic nitrogens is 3. The average molecular weight is 449 g/mol. The third-order valence-electron chi connectivity index (χ3n) is 5.32. The van der Waals surface area contributed by atoms with E-state index in [1.165, 1.54) is 13.3 Å². The molecule has 4 rings (SSSR count). The summed E-state index contributed by atoms with van der Waals surface area (Å²) in [5, 5.41) is 14.9. The van der Waals surface area contributed by atoms with E-state index in [2.05, 4.69) is 15.3 Å². The third kappa shape index (κ3) is 3.98. The van der Waals surface area contributed by atoms with Crippen molar-refractivity contribution in [1.29, 1.82) is 0 Å². The number of rotatable bonds is 6. The molecule has 0 saturated carbocycles.